The number of aryl methyl sites for hydroxylation is 1. The summed E-state index contributed by atoms with van der Waals surface area (Å²) in [4.78, 5) is 28.7. The third-order valence-electron chi connectivity index (χ3n) is 6.52. The number of anilines is 1. The van der Waals surface area contributed by atoms with Gasteiger partial charge in [0.05, 0.1) is 22.5 Å². The van der Waals surface area contributed by atoms with E-state index >= 15 is 0 Å². The molecule has 12 heteroatoms. The summed E-state index contributed by atoms with van der Waals surface area (Å²) in [6.45, 7) is 3.26. The number of nitrogens with zero attached hydrogens (tertiary/aromatic N) is 2. The summed E-state index contributed by atoms with van der Waals surface area (Å²) in [5.74, 6) is -1.20. The summed E-state index contributed by atoms with van der Waals surface area (Å²) in [6, 6.07) is 17.9. The molecule has 2 amide bonds. The van der Waals surface area contributed by atoms with Gasteiger partial charge in [-0.2, -0.15) is 13.2 Å². The number of benzene rings is 3. The predicted octanol–water partition coefficient (Wildman–Crippen LogP) is 5.60. The Balaban J connectivity index is 2.08. The van der Waals surface area contributed by atoms with Crippen LogP contribution in [0, 0.1) is 6.92 Å². The van der Waals surface area contributed by atoms with Crippen LogP contribution < -0.4 is 9.62 Å². The normalized spacial score (nSPS) is 12.5. The van der Waals surface area contributed by atoms with Crippen LogP contribution in [0.15, 0.2) is 72.8 Å². The molecule has 0 aliphatic carbocycles. The predicted molar refractivity (Wildman–Crippen MR) is 158 cm³/mol. The van der Waals surface area contributed by atoms with Gasteiger partial charge < -0.3 is 10.2 Å². The largest absolute Gasteiger partial charge is 0.417 e. The van der Waals surface area contributed by atoms with E-state index in [0.717, 1.165) is 29.5 Å². The van der Waals surface area contributed by atoms with E-state index in [4.69, 9.17) is 11.6 Å². The van der Waals surface area contributed by atoms with Crippen LogP contribution in [0.2, 0.25) is 5.02 Å². The number of hydrogen-bond donors (Lipinski definition) is 1. The quantitative estimate of drug-likeness (QED) is 0.285. The molecule has 0 fully saturated rings. The number of hydrogen-bond acceptors (Lipinski definition) is 4. The summed E-state index contributed by atoms with van der Waals surface area (Å²) < 4.78 is 67.0. The lowest BCUT2D eigenvalue weighted by Gasteiger charge is -2.33. The minimum atomic E-state index is -4.85. The molecule has 42 heavy (non-hydrogen) atoms. The molecular formula is C30H33ClF3N3O4S. The van der Waals surface area contributed by atoms with Crippen LogP contribution in [0.1, 0.15) is 35.6 Å². The van der Waals surface area contributed by atoms with Gasteiger partial charge in [0.25, 0.3) is 0 Å². The second kappa shape index (κ2) is 14.1. The SMILES string of the molecule is CCCNC(=O)[C@H](Cc1ccccc1)N(Cc1ccc(C)cc1)C(=O)CN(c1ccc(Cl)c(C(F)(F)F)c1)S(C)(=O)=O. The molecule has 3 aromatic rings. The van der Waals surface area contributed by atoms with Crippen LogP contribution in [0.4, 0.5) is 18.9 Å². The summed E-state index contributed by atoms with van der Waals surface area (Å²) in [5.41, 5.74) is 0.813. The highest BCUT2D eigenvalue weighted by Crippen LogP contribution is 2.37. The summed E-state index contributed by atoms with van der Waals surface area (Å²) >= 11 is 5.74. The monoisotopic (exact) mass is 623 g/mol. The molecule has 1 N–H and O–H groups in total. The molecule has 0 aliphatic rings. The van der Waals surface area contributed by atoms with Crippen LogP contribution >= 0.6 is 11.6 Å². The number of carbonyl (C=O) groups is 2. The van der Waals surface area contributed by atoms with Crippen LogP contribution in [-0.4, -0.2) is 50.5 Å². The molecule has 3 rings (SSSR count). The van der Waals surface area contributed by atoms with Crippen LogP contribution in [0.5, 0.6) is 0 Å². The molecule has 0 saturated heterocycles. The zero-order valence-corrected chi connectivity index (χ0v) is 25.1. The number of halogens is 4. The maximum atomic E-state index is 14.0. The Bertz CT molecular complexity index is 1480. The Morgan fingerprint density at radius 3 is 2.19 bits per heavy atom. The molecule has 3 aromatic carbocycles. The molecule has 0 unspecified atom stereocenters. The van der Waals surface area contributed by atoms with E-state index < -0.39 is 51.2 Å². The maximum absolute atomic E-state index is 14.0. The summed E-state index contributed by atoms with van der Waals surface area (Å²) in [7, 11) is -4.24. The number of carbonyl (C=O) groups excluding carboxylic acids is 2. The summed E-state index contributed by atoms with van der Waals surface area (Å²) in [6.07, 6.45) is -3.28. The first-order valence-corrected chi connectivity index (χ1v) is 15.4. The third kappa shape index (κ3) is 8.96. The van der Waals surface area contributed by atoms with Crippen LogP contribution in [0.25, 0.3) is 0 Å². The second-order valence-electron chi connectivity index (χ2n) is 9.94. The first-order valence-electron chi connectivity index (χ1n) is 13.2. The molecule has 7 nitrogen and oxygen atoms in total. The Morgan fingerprint density at radius 2 is 1.62 bits per heavy atom. The van der Waals surface area contributed by atoms with E-state index in [1.165, 1.54) is 4.90 Å². The molecule has 0 heterocycles. The Kier molecular flexibility index (Phi) is 11.0. The van der Waals surface area contributed by atoms with Gasteiger partial charge in [-0.3, -0.25) is 13.9 Å². The summed E-state index contributed by atoms with van der Waals surface area (Å²) in [5, 5.41) is 2.22. The average Bonchev–Trinajstić information content (AvgIpc) is 2.93. The molecule has 0 spiro atoms. The highest BCUT2D eigenvalue weighted by atomic mass is 35.5. The number of alkyl halides is 3. The second-order valence-corrected chi connectivity index (χ2v) is 12.2. The number of amides is 2. The number of rotatable bonds is 12. The van der Waals surface area contributed by atoms with Gasteiger partial charge in [0.1, 0.15) is 12.6 Å². The average molecular weight is 624 g/mol. The van der Waals surface area contributed by atoms with E-state index in [1.54, 1.807) is 24.3 Å². The lowest BCUT2D eigenvalue weighted by atomic mass is 10.0. The minimum Gasteiger partial charge on any atom is -0.354 e. The van der Waals surface area contributed by atoms with Crippen molar-refractivity contribution in [2.75, 3.05) is 23.7 Å². The fourth-order valence-electron chi connectivity index (χ4n) is 4.31. The fraction of sp³-hybridized carbons (Fsp3) is 0.333. The molecule has 226 valence electrons. The molecule has 0 bridgehead atoms. The molecule has 0 aliphatic heterocycles. The lowest BCUT2D eigenvalue weighted by molar-refractivity contribution is -0.140. The van der Waals surface area contributed by atoms with Gasteiger partial charge in [0.15, 0.2) is 0 Å². The number of nitrogens with one attached hydrogen (secondary N) is 1. The highest BCUT2D eigenvalue weighted by Gasteiger charge is 2.36. The van der Waals surface area contributed by atoms with Gasteiger partial charge in [-0.1, -0.05) is 78.7 Å². The van der Waals surface area contributed by atoms with Crippen molar-refractivity contribution in [3.05, 3.63) is 100 Å². The Morgan fingerprint density at radius 1 is 0.976 bits per heavy atom. The standard InChI is InChI=1S/C30H33ClF3N3O4S/c1-4-16-35-29(39)27(17-22-8-6-5-7-9-22)36(19-23-12-10-21(2)11-13-23)28(38)20-37(42(3,40)41)24-14-15-26(31)25(18-24)30(32,33)34/h5-15,18,27H,4,16-17,19-20H2,1-3H3,(H,35,39)/t27-/m0/s1. The molecule has 0 radical (unpaired) electrons. The van der Waals surface area contributed by atoms with Crippen LogP contribution in [0.3, 0.4) is 0 Å². The van der Waals surface area contributed by atoms with E-state index in [9.17, 15) is 31.2 Å². The minimum absolute atomic E-state index is 0.0395. The van der Waals surface area contributed by atoms with E-state index in [-0.39, 0.29) is 18.7 Å². The molecule has 0 aromatic heterocycles. The van der Waals surface area contributed by atoms with Gasteiger partial charge in [-0.05, 0) is 42.7 Å². The van der Waals surface area contributed by atoms with Gasteiger partial charge in [0.2, 0.25) is 21.8 Å². The van der Waals surface area contributed by atoms with Crippen molar-refractivity contribution in [1.82, 2.24) is 10.2 Å². The van der Waals surface area contributed by atoms with Gasteiger partial charge in [-0.15, -0.1) is 0 Å². The zero-order valence-electron chi connectivity index (χ0n) is 23.5. The topological polar surface area (TPSA) is 86.8 Å². The van der Waals surface area contributed by atoms with Crippen molar-refractivity contribution in [3.63, 3.8) is 0 Å². The van der Waals surface area contributed by atoms with Gasteiger partial charge >= 0.3 is 6.18 Å². The Hall–Kier alpha value is -3.57. The lowest BCUT2D eigenvalue weighted by Crippen LogP contribution is -2.53. The maximum Gasteiger partial charge on any atom is 0.417 e. The van der Waals surface area contributed by atoms with Crippen molar-refractivity contribution >= 4 is 39.1 Å². The van der Waals surface area contributed by atoms with Crippen molar-refractivity contribution in [2.45, 2.75) is 45.5 Å². The molecule has 1 atom stereocenters. The number of sulfonamides is 1. The van der Waals surface area contributed by atoms with Crippen LogP contribution in [-0.2, 0) is 38.8 Å². The fourth-order valence-corrected chi connectivity index (χ4v) is 5.38. The van der Waals surface area contributed by atoms with E-state index in [0.29, 0.717) is 28.9 Å². The first-order chi connectivity index (χ1) is 19.7. The third-order valence-corrected chi connectivity index (χ3v) is 7.99. The van der Waals surface area contributed by atoms with E-state index in [2.05, 4.69) is 5.32 Å². The van der Waals surface area contributed by atoms with Crippen molar-refractivity contribution in [2.24, 2.45) is 0 Å². The Labute approximate surface area is 249 Å². The smallest absolute Gasteiger partial charge is 0.354 e. The van der Waals surface area contributed by atoms with Crippen molar-refractivity contribution < 1.29 is 31.2 Å². The van der Waals surface area contributed by atoms with Gasteiger partial charge in [-0.25, -0.2) is 8.42 Å². The molecular weight excluding hydrogens is 591 g/mol. The van der Waals surface area contributed by atoms with Crippen molar-refractivity contribution in [1.29, 1.82) is 0 Å². The van der Waals surface area contributed by atoms with Crippen molar-refractivity contribution in [3.8, 4) is 0 Å². The molecule has 0 saturated carbocycles. The highest BCUT2D eigenvalue weighted by molar-refractivity contribution is 7.92. The van der Waals surface area contributed by atoms with E-state index in [1.807, 2.05) is 44.2 Å². The first kappa shape index (κ1) is 32.9. The zero-order chi connectivity index (χ0) is 31.1. The van der Waals surface area contributed by atoms with Gasteiger partial charge in [0, 0.05) is 19.5 Å².